The van der Waals surface area contributed by atoms with E-state index in [4.69, 9.17) is 4.74 Å². The Morgan fingerprint density at radius 1 is 1.29 bits per heavy atom. The lowest BCUT2D eigenvalue weighted by atomic mass is 9.61. The summed E-state index contributed by atoms with van der Waals surface area (Å²) in [7, 11) is 0. The molecule has 1 amide bonds. The maximum atomic E-state index is 14.8. The average Bonchev–Trinajstić information content (AvgIpc) is 2.80. The maximum absolute atomic E-state index is 14.8. The number of ether oxygens (including phenoxy) is 1. The third kappa shape index (κ3) is 2.39. The largest absolute Gasteiger partial charge is 0.445 e. The molecular formula is C16H20FNO3. The summed E-state index contributed by atoms with van der Waals surface area (Å²) in [6, 6.07) is 9.39. The third-order valence-corrected chi connectivity index (χ3v) is 4.91. The van der Waals surface area contributed by atoms with E-state index in [0.717, 1.165) is 24.8 Å². The predicted molar refractivity (Wildman–Crippen MR) is 75.4 cm³/mol. The summed E-state index contributed by atoms with van der Waals surface area (Å²) in [5.41, 5.74) is -1.35. The molecule has 1 aromatic carbocycles. The molecule has 3 rings (SSSR count). The van der Waals surface area contributed by atoms with Gasteiger partial charge in [0.2, 0.25) is 0 Å². The van der Waals surface area contributed by atoms with Crippen LogP contribution in [0.4, 0.5) is 9.18 Å². The van der Waals surface area contributed by atoms with Crippen LogP contribution in [-0.2, 0) is 11.3 Å². The van der Waals surface area contributed by atoms with E-state index in [0.29, 0.717) is 6.54 Å². The van der Waals surface area contributed by atoms with Gasteiger partial charge in [0.25, 0.3) is 0 Å². The van der Waals surface area contributed by atoms with Crippen LogP contribution in [0.15, 0.2) is 30.3 Å². The Labute approximate surface area is 123 Å². The summed E-state index contributed by atoms with van der Waals surface area (Å²) in [4.78, 5) is 13.5. The fourth-order valence-corrected chi connectivity index (χ4v) is 3.40. The highest BCUT2D eigenvalue weighted by molar-refractivity contribution is 5.68. The molecule has 1 unspecified atom stereocenters. The highest BCUT2D eigenvalue weighted by atomic mass is 19.1. The van der Waals surface area contributed by atoms with Crippen LogP contribution in [0.3, 0.4) is 0 Å². The fraction of sp³-hybridized carbons (Fsp3) is 0.562. The molecule has 4 nitrogen and oxygen atoms in total. The van der Waals surface area contributed by atoms with Gasteiger partial charge in [-0.2, -0.15) is 0 Å². The minimum Gasteiger partial charge on any atom is -0.445 e. The van der Waals surface area contributed by atoms with Gasteiger partial charge >= 0.3 is 6.09 Å². The predicted octanol–water partition coefficient (Wildman–Crippen LogP) is 2.51. The monoisotopic (exact) mass is 293 g/mol. The summed E-state index contributed by atoms with van der Waals surface area (Å²) in [5, 5.41) is 9.38. The van der Waals surface area contributed by atoms with Gasteiger partial charge in [-0.25, -0.2) is 9.18 Å². The molecule has 1 heterocycles. The lowest BCUT2D eigenvalue weighted by Gasteiger charge is -2.45. The van der Waals surface area contributed by atoms with E-state index in [2.05, 4.69) is 0 Å². The second-order valence-electron chi connectivity index (χ2n) is 6.15. The zero-order valence-corrected chi connectivity index (χ0v) is 11.9. The van der Waals surface area contributed by atoms with Crippen molar-refractivity contribution in [1.82, 2.24) is 4.90 Å². The number of hydrogen-bond donors (Lipinski definition) is 1. The molecule has 0 radical (unpaired) electrons. The number of aliphatic hydroxyl groups excluding tert-OH is 1. The zero-order chi connectivity index (χ0) is 14.9. The summed E-state index contributed by atoms with van der Waals surface area (Å²) in [6.07, 6.45) is 1.91. The molecule has 2 fully saturated rings. The van der Waals surface area contributed by atoms with Gasteiger partial charge in [-0.3, -0.25) is 0 Å². The molecule has 1 aliphatic carbocycles. The highest BCUT2D eigenvalue weighted by Gasteiger charge is 2.62. The number of rotatable bonds is 3. The van der Waals surface area contributed by atoms with Crippen LogP contribution < -0.4 is 0 Å². The fourth-order valence-electron chi connectivity index (χ4n) is 3.40. The van der Waals surface area contributed by atoms with E-state index in [1.807, 2.05) is 30.3 Å². The van der Waals surface area contributed by atoms with Crippen LogP contribution >= 0.6 is 0 Å². The number of amides is 1. The lowest BCUT2D eigenvalue weighted by Crippen LogP contribution is -2.50. The Kier molecular flexibility index (Phi) is 3.61. The molecule has 1 aliphatic heterocycles. The number of nitrogens with zero attached hydrogens (tertiary/aromatic N) is 1. The van der Waals surface area contributed by atoms with Gasteiger partial charge in [0.05, 0.1) is 13.2 Å². The molecule has 21 heavy (non-hydrogen) atoms. The van der Waals surface area contributed by atoms with E-state index in [1.54, 1.807) is 0 Å². The molecule has 114 valence electrons. The Hall–Kier alpha value is -1.62. The first kappa shape index (κ1) is 14.3. The topological polar surface area (TPSA) is 49.8 Å². The molecular weight excluding hydrogens is 273 g/mol. The molecule has 0 aromatic heterocycles. The van der Waals surface area contributed by atoms with Crippen LogP contribution in [0, 0.1) is 5.41 Å². The van der Waals surface area contributed by atoms with Crippen LogP contribution in [0.1, 0.15) is 24.8 Å². The number of carbonyl (C=O) groups is 1. The zero-order valence-electron chi connectivity index (χ0n) is 11.9. The quantitative estimate of drug-likeness (QED) is 0.931. The van der Waals surface area contributed by atoms with Crippen molar-refractivity contribution in [2.45, 2.75) is 31.5 Å². The Morgan fingerprint density at radius 2 is 2.00 bits per heavy atom. The molecule has 1 aromatic rings. The average molecular weight is 293 g/mol. The van der Waals surface area contributed by atoms with E-state index in [1.165, 1.54) is 4.90 Å². The second kappa shape index (κ2) is 5.30. The van der Waals surface area contributed by atoms with E-state index in [9.17, 15) is 14.3 Å². The van der Waals surface area contributed by atoms with Gasteiger partial charge in [0, 0.05) is 12.0 Å². The molecule has 1 spiro atoms. The van der Waals surface area contributed by atoms with Crippen molar-refractivity contribution in [2.24, 2.45) is 5.41 Å². The summed E-state index contributed by atoms with van der Waals surface area (Å²) < 4.78 is 20.1. The van der Waals surface area contributed by atoms with Crippen LogP contribution in [0.2, 0.25) is 0 Å². The summed E-state index contributed by atoms with van der Waals surface area (Å²) in [5.74, 6) is 0. The minimum absolute atomic E-state index is 0.0723. The number of aliphatic hydroxyl groups is 1. The Morgan fingerprint density at radius 3 is 2.52 bits per heavy atom. The Bertz CT molecular complexity index is 506. The van der Waals surface area contributed by atoms with Gasteiger partial charge in [-0.15, -0.1) is 0 Å². The van der Waals surface area contributed by atoms with Crippen LogP contribution in [0.5, 0.6) is 0 Å². The second-order valence-corrected chi connectivity index (χ2v) is 6.15. The molecule has 1 atom stereocenters. The van der Waals surface area contributed by atoms with Crippen LogP contribution in [-0.4, -0.2) is 41.5 Å². The number of halogens is 1. The first-order valence-corrected chi connectivity index (χ1v) is 7.34. The van der Waals surface area contributed by atoms with Crippen molar-refractivity contribution in [3.05, 3.63) is 35.9 Å². The summed E-state index contributed by atoms with van der Waals surface area (Å²) >= 11 is 0. The van der Waals surface area contributed by atoms with E-state index < -0.39 is 23.8 Å². The Balaban J connectivity index is 1.61. The number of benzene rings is 1. The number of carbonyl (C=O) groups excluding carboxylic acids is 1. The van der Waals surface area contributed by atoms with Crippen molar-refractivity contribution < 1.29 is 19.0 Å². The minimum atomic E-state index is -1.68. The first-order chi connectivity index (χ1) is 10.1. The van der Waals surface area contributed by atoms with E-state index in [-0.39, 0.29) is 13.2 Å². The SMILES string of the molecule is O=C(OCc1ccccc1)N1CC(F)(CO)C2(CCC2)C1. The van der Waals surface area contributed by atoms with Crippen molar-refractivity contribution >= 4 is 6.09 Å². The molecule has 1 saturated heterocycles. The van der Waals surface area contributed by atoms with Gasteiger partial charge < -0.3 is 14.7 Å². The molecule has 1 N–H and O–H groups in total. The lowest BCUT2D eigenvalue weighted by molar-refractivity contribution is -0.0588. The van der Waals surface area contributed by atoms with Gasteiger partial charge in [0.15, 0.2) is 5.67 Å². The van der Waals surface area contributed by atoms with Crippen molar-refractivity contribution in [3.63, 3.8) is 0 Å². The molecule has 0 bridgehead atoms. The van der Waals surface area contributed by atoms with Gasteiger partial charge in [-0.1, -0.05) is 36.8 Å². The highest BCUT2D eigenvalue weighted by Crippen LogP contribution is 2.55. The standard InChI is InChI=1S/C16H20FNO3/c17-16(12-19)11-18(10-15(16)7-4-8-15)14(20)21-9-13-5-2-1-3-6-13/h1-3,5-6,19H,4,7-12H2. The number of alkyl halides is 1. The summed E-state index contributed by atoms with van der Waals surface area (Å²) in [6.45, 7) is -0.0775. The van der Waals surface area contributed by atoms with Gasteiger partial charge in [-0.05, 0) is 18.4 Å². The first-order valence-electron chi connectivity index (χ1n) is 7.34. The molecule has 5 heteroatoms. The van der Waals surface area contributed by atoms with E-state index >= 15 is 0 Å². The van der Waals surface area contributed by atoms with Crippen molar-refractivity contribution in [3.8, 4) is 0 Å². The smallest absolute Gasteiger partial charge is 0.410 e. The third-order valence-electron chi connectivity index (χ3n) is 4.91. The molecule has 1 saturated carbocycles. The molecule has 2 aliphatic rings. The van der Waals surface area contributed by atoms with Crippen molar-refractivity contribution in [2.75, 3.05) is 19.7 Å². The van der Waals surface area contributed by atoms with Gasteiger partial charge in [0.1, 0.15) is 6.61 Å². The van der Waals surface area contributed by atoms with Crippen LogP contribution in [0.25, 0.3) is 0 Å². The number of hydrogen-bond acceptors (Lipinski definition) is 3. The number of likely N-dealkylation sites (tertiary alicyclic amines) is 1. The maximum Gasteiger partial charge on any atom is 0.410 e. The van der Waals surface area contributed by atoms with Crippen molar-refractivity contribution in [1.29, 1.82) is 0 Å². The normalized spacial score (nSPS) is 26.7.